The van der Waals surface area contributed by atoms with Crippen LogP contribution in [0.15, 0.2) is 78.9 Å². The highest BCUT2D eigenvalue weighted by molar-refractivity contribution is 5.91. The summed E-state index contributed by atoms with van der Waals surface area (Å²) in [4.78, 5) is 23.0. The Labute approximate surface area is 149 Å². The minimum Gasteiger partial charge on any atom is -0.479 e. The van der Waals surface area contributed by atoms with Gasteiger partial charge in [-0.05, 0) is 23.8 Å². The fourth-order valence-corrected chi connectivity index (χ4v) is 2.34. The molecule has 0 bridgehead atoms. The highest BCUT2D eigenvalue weighted by atomic mass is 16.6. The standard InChI is InChI=1S/C20H15NO5/c22-20(16-10-5-2-6-11-16)26-18-13-7-12-17(21(23)24)19(18)25-14-15-8-3-1-4-9-15/h1-13H,14H2. The predicted octanol–water partition coefficient (Wildman–Crippen LogP) is 4.39. The molecule has 3 rings (SSSR count). The van der Waals surface area contributed by atoms with Crippen LogP contribution in [0.3, 0.4) is 0 Å². The number of carbonyl (C=O) groups is 1. The molecule has 26 heavy (non-hydrogen) atoms. The second-order valence-corrected chi connectivity index (χ2v) is 5.39. The molecule has 0 fully saturated rings. The molecule has 0 amide bonds. The van der Waals surface area contributed by atoms with Gasteiger partial charge in [-0.25, -0.2) is 4.79 Å². The van der Waals surface area contributed by atoms with Gasteiger partial charge in [-0.2, -0.15) is 0 Å². The summed E-state index contributed by atoms with van der Waals surface area (Å²) < 4.78 is 11.0. The molecule has 0 saturated heterocycles. The van der Waals surface area contributed by atoms with Crippen LogP contribution in [-0.2, 0) is 6.61 Å². The lowest BCUT2D eigenvalue weighted by molar-refractivity contribution is -0.386. The molecule has 0 aliphatic rings. The number of carbonyl (C=O) groups excluding carboxylic acids is 1. The average Bonchev–Trinajstić information content (AvgIpc) is 2.68. The van der Waals surface area contributed by atoms with Gasteiger partial charge in [0.1, 0.15) is 6.61 Å². The predicted molar refractivity (Wildman–Crippen MR) is 95.3 cm³/mol. The molecule has 0 N–H and O–H groups in total. The first-order valence-electron chi connectivity index (χ1n) is 7.86. The van der Waals surface area contributed by atoms with Crippen molar-refractivity contribution in [3.8, 4) is 11.5 Å². The van der Waals surface area contributed by atoms with Gasteiger partial charge < -0.3 is 9.47 Å². The quantitative estimate of drug-likeness (QED) is 0.285. The zero-order valence-electron chi connectivity index (χ0n) is 13.7. The Morgan fingerprint density at radius 3 is 2.19 bits per heavy atom. The molecule has 0 aliphatic carbocycles. The number of hydrogen-bond donors (Lipinski definition) is 0. The molecular weight excluding hydrogens is 334 g/mol. The number of para-hydroxylation sites is 1. The van der Waals surface area contributed by atoms with Crippen molar-refractivity contribution >= 4 is 11.7 Å². The maximum absolute atomic E-state index is 12.3. The van der Waals surface area contributed by atoms with Crippen LogP contribution in [0, 0.1) is 10.1 Å². The van der Waals surface area contributed by atoms with Crippen molar-refractivity contribution in [2.24, 2.45) is 0 Å². The summed E-state index contributed by atoms with van der Waals surface area (Å²) in [5.74, 6) is -0.690. The van der Waals surface area contributed by atoms with E-state index in [0.717, 1.165) is 5.56 Å². The summed E-state index contributed by atoms with van der Waals surface area (Å²) >= 11 is 0. The third kappa shape index (κ3) is 4.05. The van der Waals surface area contributed by atoms with Crippen molar-refractivity contribution in [1.82, 2.24) is 0 Å². The molecule has 0 saturated carbocycles. The van der Waals surface area contributed by atoms with Gasteiger partial charge in [0.05, 0.1) is 10.5 Å². The Balaban J connectivity index is 1.88. The molecule has 0 atom stereocenters. The van der Waals surface area contributed by atoms with Crippen LogP contribution in [0.1, 0.15) is 15.9 Å². The van der Waals surface area contributed by atoms with E-state index >= 15 is 0 Å². The maximum Gasteiger partial charge on any atom is 0.343 e. The van der Waals surface area contributed by atoms with E-state index in [0.29, 0.717) is 5.56 Å². The number of esters is 1. The van der Waals surface area contributed by atoms with Crippen LogP contribution >= 0.6 is 0 Å². The molecular formula is C20H15NO5. The van der Waals surface area contributed by atoms with E-state index in [1.54, 1.807) is 30.3 Å². The van der Waals surface area contributed by atoms with Gasteiger partial charge in [0.2, 0.25) is 5.75 Å². The Morgan fingerprint density at radius 2 is 1.54 bits per heavy atom. The summed E-state index contributed by atoms with van der Waals surface area (Å²) in [6.45, 7) is 0.113. The first kappa shape index (κ1) is 17.2. The maximum atomic E-state index is 12.3. The minimum atomic E-state index is -0.615. The molecule has 0 aliphatic heterocycles. The lowest BCUT2D eigenvalue weighted by Crippen LogP contribution is -2.10. The third-order valence-electron chi connectivity index (χ3n) is 3.59. The number of benzene rings is 3. The van der Waals surface area contributed by atoms with Crippen LogP contribution < -0.4 is 9.47 Å². The topological polar surface area (TPSA) is 78.7 Å². The normalized spacial score (nSPS) is 10.2. The van der Waals surface area contributed by atoms with Gasteiger partial charge in [-0.3, -0.25) is 10.1 Å². The number of nitro groups is 1. The summed E-state index contributed by atoms with van der Waals surface area (Å²) in [7, 11) is 0. The van der Waals surface area contributed by atoms with E-state index in [4.69, 9.17) is 9.47 Å². The Kier molecular flexibility index (Phi) is 5.24. The van der Waals surface area contributed by atoms with E-state index < -0.39 is 10.9 Å². The van der Waals surface area contributed by atoms with E-state index in [1.165, 1.54) is 18.2 Å². The molecule has 6 heteroatoms. The van der Waals surface area contributed by atoms with Gasteiger partial charge in [0.25, 0.3) is 0 Å². The molecule has 0 unspecified atom stereocenters. The molecule has 6 nitrogen and oxygen atoms in total. The second-order valence-electron chi connectivity index (χ2n) is 5.39. The summed E-state index contributed by atoms with van der Waals surface area (Å²) in [5, 5.41) is 11.3. The number of hydrogen-bond acceptors (Lipinski definition) is 5. The molecule has 0 aromatic heterocycles. The summed E-state index contributed by atoms with van der Waals surface area (Å²) in [6.07, 6.45) is 0. The third-order valence-corrected chi connectivity index (χ3v) is 3.59. The smallest absolute Gasteiger partial charge is 0.343 e. The lowest BCUT2D eigenvalue weighted by atomic mass is 10.2. The largest absolute Gasteiger partial charge is 0.479 e. The van der Waals surface area contributed by atoms with Gasteiger partial charge in [0.15, 0.2) is 5.75 Å². The fraction of sp³-hybridized carbons (Fsp3) is 0.0500. The Bertz CT molecular complexity index is 910. The highest BCUT2D eigenvalue weighted by Crippen LogP contribution is 2.37. The molecule has 3 aromatic rings. The number of nitrogens with zero attached hydrogens (tertiary/aromatic N) is 1. The van der Waals surface area contributed by atoms with Crippen LogP contribution in [0.5, 0.6) is 11.5 Å². The van der Waals surface area contributed by atoms with Crippen molar-refractivity contribution < 1.29 is 19.2 Å². The van der Waals surface area contributed by atoms with Crippen molar-refractivity contribution in [3.63, 3.8) is 0 Å². The van der Waals surface area contributed by atoms with Gasteiger partial charge in [-0.15, -0.1) is 0 Å². The zero-order chi connectivity index (χ0) is 18.4. The molecule has 0 spiro atoms. The van der Waals surface area contributed by atoms with E-state index in [9.17, 15) is 14.9 Å². The lowest BCUT2D eigenvalue weighted by Gasteiger charge is -2.12. The number of nitro benzene ring substituents is 1. The molecule has 0 heterocycles. The molecule has 3 aromatic carbocycles. The molecule has 0 radical (unpaired) electrons. The summed E-state index contributed by atoms with van der Waals surface area (Å²) in [6, 6.07) is 21.8. The van der Waals surface area contributed by atoms with Crippen molar-refractivity contribution in [3.05, 3.63) is 100 Å². The van der Waals surface area contributed by atoms with E-state index in [2.05, 4.69) is 0 Å². The number of rotatable bonds is 6. The van der Waals surface area contributed by atoms with Crippen molar-refractivity contribution in [2.45, 2.75) is 6.61 Å². The highest BCUT2D eigenvalue weighted by Gasteiger charge is 2.22. The van der Waals surface area contributed by atoms with Gasteiger partial charge in [-0.1, -0.05) is 54.6 Å². The van der Waals surface area contributed by atoms with Gasteiger partial charge in [0, 0.05) is 6.07 Å². The van der Waals surface area contributed by atoms with Crippen LogP contribution in [-0.4, -0.2) is 10.9 Å². The van der Waals surface area contributed by atoms with Crippen molar-refractivity contribution in [1.29, 1.82) is 0 Å². The average molecular weight is 349 g/mol. The monoisotopic (exact) mass is 349 g/mol. The minimum absolute atomic E-state index is 0.00369. The first-order valence-corrected chi connectivity index (χ1v) is 7.86. The SMILES string of the molecule is O=C(Oc1cccc([N+](=O)[O-])c1OCc1ccccc1)c1ccccc1. The van der Waals surface area contributed by atoms with Crippen LogP contribution in [0.25, 0.3) is 0 Å². The summed E-state index contributed by atoms with van der Waals surface area (Å²) in [5.41, 5.74) is 0.915. The number of ether oxygens (including phenoxy) is 2. The molecule has 130 valence electrons. The first-order chi connectivity index (χ1) is 12.6. The Hall–Kier alpha value is -3.67. The fourth-order valence-electron chi connectivity index (χ4n) is 2.34. The van der Waals surface area contributed by atoms with E-state index in [-0.39, 0.29) is 23.8 Å². The van der Waals surface area contributed by atoms with Crippen LogP contribution in [0.2, 0.25) is 0 Å². The Morgan fingerprint density at radius 1 is 0.885 bits per heavy atom. The second kappa shape index (κ2) is 7.94. The van der Waals surface area contributed by atoms with E-state index in [1.807, 2.05) is 30.3 Å². The van der Waals surface area contributed by atoms with Gasteiger partial charge >= 0.3 is 11.7 Å². The zero-order valence-corrected chi connectivity index (χ0v) is 13.7. The van der Waals surface area contributed by atoms with Crippen molar-refractivity contribution in [2.75, 3.05) is 0 Å². The van der Waals surface area contributed by atoms with Crippen LogP contribution in [0.4, 0.5) is 5.69 Å².